The summed E-state index contributed by atoms with van der Waals surface area (Å²) in [6.45, 7) is 0. The number of H-pyrrole nitrogens is 1. The minimum Gasteiger partial charge on any atom is -0.379 e. The smallest absolute Gasteiger partial charge is 0.265 e. The van der Waals surface area contributed by atoms with Gasteiger partial charge in [-0.3, -0.25) is 4.79 Å². The quantitative estimate of drug-likeness (QED) is 0.386. The summed E-state index contributed by atoms with van der Waals surface area (Å²) in [5, 5.41) is 8.70. The molecule has 0 aliphatic carbocycles. The maximum atomic E-state index is 10.6. The Kier molecular flexibility index (Phi) is 1.07. The molecule has 0 unspecified atom stereocenters. The minimum atomic E-state index is -0.534. The van der Waals surface area contributed by atoms with Crippen LogP contribution in [-0.2, 0) is 0 Å². The molecular formula is C3H5N5O. The Labute approximate surface area is 49.9 Å². The van der Waals surface area contributed by atoms with Gasteiger partial charge in [0.2, 0.25) is 0 Å². The first-order valence-electron chi connectivity index (χ1n) is 2.18. The summed E-state index contributed by atoms with van der Waals surface area (Å²) in [5.74, 6) is -0.329. The molecule has 1 aromatic rings. The van der Waals surface area contributed by atoms with Crippen LogP contribution in [0.15, 0.2) is 4.79 Å². The van der Waals surface area contributed by atoms with Gasteiger partial charge in [-0.25, -0.2) is 0 Å². The molecule has 0 saturated heterocycles. The number of nitrogen functional groups attached to an aromatic ring is 2. The van der Waals surface area contributed by atoms with Gasteiger partial charge in [0.15, 0.2) is 11.6 Å². The molecule has 0 radical (unpaired) electrons. The Hall–Kier alpha value is -1.59. The summed E-state index contributed by atoms with van der Waals surface area (Å²) in [6, 6.07) is 0. The van der Waals surface area contributed by atoms with E-state index in [-0.39, 0.29) is 11.6 Å². The Morgan fingerprint density at radius 3 is 2.00 bits per heavy atom. The third-order valence-corrected chi connectivity index (χ3v) is 0.806. The number of anilines is 2. The lowest BCUT2D eigenvalue weighted by atomic mass is 10.5. The van der Waals surface area contributed by atoms with Gasteiger partial charge in [0.25, 0.3) is 5.43 Å². The number of aromatic nitrogens is 3. The molecule has 6 nitrogen and oxygen atoms in total. The van der Waals surface area contributed by atoms with Gasteiger partial charge in [0.1, 0.15) is 0 Å². The van der Waals surface area contributed by atoms with Gasteiger partial charge >= 0.3 is 0 Å². The molecule has 0 fully saturated rings. The molecule has 1 aromatic heterocycles. The normalized spacial score (nSPS) is 9.33. The van der Waals surface area contributed by atoms with Crippen molar-refractivity contribution in [3.05, 3.63) is 10.2 Å². The maximum Gasteiger partial charge on any atom is 0.265 e. The SMILES string of the molecule is Nc1n[nH]nc(N)c1=O. The highest BCUT2D eigenvalue weighted by molar-refractivity contribution is 5.37. The monoisotopic (exact) mass is 127 g/mol. The number of aromatic amines is 1. The molecule has 0 atom stereocenters. The topological polar surface area (TPSA) is 111 Å². The standard InChI is InChI=1S/C3H5N5O/c4-2-1(9)3(5)7-8-6-2/h(H,8,9)(H4,4,5,6,7). The predicted molar refractivity (Wildman–Crippen MR) is 31.5 cm³/mol. The van der Waals surface area contributed by atoms with Crippen LogP contribution in [0.5, 0.6) is 0 Å². The van der Waals surface area contributed by atoms with Gasteiger partial charge in [-0.15, -0.1) is 10.2 Å². The molecule has 1 rings (SSSR count). The second kappa shape index (κ2) is 1.73. The Balaban J connectivity index is 3.43. The van der Waals surface area contributed by atoms with Crippen LogP contribution in [-0.4, -0.2) is 15.4 Å². The van der Waals surface area contributed by atoms with Crippen LogP contribution in [0.3, 0.4) is 0 Å². The fraction of sp³-hybridized carbons (Fsp3) is 0. The van der Waals surface area contributed by atoms with Gasteiger partial charge in [0.05, 0.1) is 0 Å². The first-order valence-corrected chi connectivity index (χ1v) is 2.18. The highest BCUT2D eigenvalue weighted by Gasteiger charge is 1.97. The Morgan fingerprint density at radius 1 is 1.22 bits per heavy atom. The van der Waals surface area contributed by atoms with Gasteiger partial charge < -0.3 is 11.5 Å². The highest BCUT2D eigenvalue weighted by Crippen LogP contribution is 1.83. The van der Waals surface area contributed by atoms with Crippen molar-refractivity contribution in [1.29, 1.82) is 0 Å². The first kappa shape index (κ1) is 5.54. The first-order chi connectivity index (χ1) is 4.22. The molecule has 1 heterocycles. The van der Waals surface area contributed by atoms with E-state index in [1.54, 1.807) is 0 Å². The minimum absolute atomic E-state index is 0.164. The molecule has 0 amide bonds. The Morgan fingerprint density at radius 2 is 1.67 bits per heavy atom. The van der Waals surface area contributed by atoms with E-state index < -0.39 is 5.43 Å². The zero-order valence-electron chi connectivity index (χ0n) is 4.46. The Bertz CT molecular complexity index is 242. The van der Waals surface area contributed by atoms with E-state index in [1.165, 1.54) is 0 Å². The molecule has 5 N–H and O–H groups in total. The molecule has 6 heteroatoms. The molecule has 0 bridgehead atoms. The van der Waals surface area contributed by atoms with E-state index in [2.05, 4.69) is 15.4 Å². The van der Waals surface area contributed by atoms with Crippen molar-refractivity contribution in [1.82, 2.24) is 15.4 Å². The average Bonchev–Trinajstić information content (AvgIpc) is 1.83. The molecular weight excluding hydrogens is 122 g/mol. The van der Waals surface area contributed by atoms with E-state index in [9.17, 15) is 4.79 Å². The van der Waals surface area contributed by atoms with E-state index >= 15 is 0 Å². The molecule has 48 valence electrons. The summed E-state index contributed by atoms with van der Waals surface area (Å²) in [7, 11) is 0. The second-order valence-electron chi connectivity index (χ2n) is 1.42. The van der Waals surface area contributed by atoms with Crippen molar-refractivity contribution in [2.45, 2.75) is 0 Å². The molecule has 0 aliphatic rings. The van der Waals surface area contributed by atoms with Crippen LogP contribution in [0.2, 0.25) is 0 Å². The lowest BCUT2D eigenvalue weighted by molar-refractivity contribution is 0.873. The number of hydrogen-bond acceptors (Lipinski definition) is 5. The van der Waals surface area contributed by atoms with Gasteiger partial charge in [-0.1, -0.05) is 0 Å². The highest BCUT2D eigenvalue weighted by atomic mass is 16.1. The van der Waals surface area contributed by atoms with Crippen LogP contribution in [0.4, 0.5) is 11.6 Å². The zero-order chi connectivity index (χ0) is 6.85. The van der Waals surface area contributed by atoms with Gasteiger partial charge in [0, 0.05) is 0 Å². The summed E-state index contributed by atoms with van der Waals surface area (Å²) < 4.78 is 0. The third-order valence-electron chi connectivity index (χ3n) is 0.806. The molecule has 0 aliphatic heterocycles. The van der Waals surface area contributed by atoms with Crippen LogP contribution in [0.1, 0.15) is 0 Å². The predicted octanol–water partition coefficient (Wildman–Crippen LogP) is -1.67. The van der Waals surface area contributed by atoms with Crippen molar-refractivity contribution in [2.24, 2.45) is 0 Å². The van der Waals surface area contributed by atoms with Crippen molar-refractivity contribution < 1.29 is 0 Å². The molecule has 9 heavy (non-hydrogen) atoms. The number of rotatable bonds is 0. The fourth-order valence-corrected chi connectivity index (χ4v) is 0.365. The molecule has 0 aromatic carbocycles. The molecule has 0 spiro atoms. The third kappa shape index (κ3) is 0.809. The van der Waals surface area contributed by atoms with Crippen molar-refractivity contribution in [2.75, 3.05) is 11.5 Å². The lowest BCUT2D eigenvalue weighted by Gasteiger charge is -1.88. The zero-order valence-corrected chi connectivity index (χ0v) is 4.46. The summed E-state index contributed by atoms with van der Waals surface area (Å²) >= 11 is 0. The number of hydrogen-bond donors (Lipinski definition) is 3. The van der Waals surface area contributed by atoms with Crippen LogP contribution in [0, 0.1) is 0 Å². The van der Waals surface area contributed by atoms with Gasteiger partial charge in [-0.2, -0.15) is 5.21 Å². The van der Waals surface area contributed by atoms with E-state index in [0.717, 1.165) is 0 Å². The van der Waals surface area contributed by atoms with Crippen LogP contribution in [0.25, 0.3) is 0 Å². The second-order valence-corrected chi connectivity index (χ2v) is 1.42. The average molecular weight is 127 g/mol. The lowest BCUT2D eigenvalue weighted by Crippen LogP contribution is -2.17. The van der Waals surface area contributed by atoms with Crippen molar-refractivity contribution in [3.63, 3.8) is 0 Å². The van der Waals surface area contributed by atoms with Crippen LogP contribution < -0.4 is 16.9 Å². The largest absolute Gasteiger partial charge is 0.379 e. The van der Waals surface area contributed by atoms with Crippen molar-refractivity contribution >= 4 is 11.6 Å². The van der Waals surface area contributed by atoms with Crippen LogP contribution >= 0.6 is 0 Å². The van der Waals surface area contributed by atoms with E-state index in [0.29, 0.717) is 0 Å². The summed E-state index contributed by atoms with van der Waals surface area (Å²) in [6.07, 6.45) is 0. The summed E-state index contributed by atoms with van der Waals surface area (Å²) in [4.78, 5) is 10.6. The van der Waals surface area contributed by atoms with Gasteiger partial charge in [-0.05, 0) is 0 Å². The maximum absolute atomic E-state index is 10.6. The van der Waals surface area contributed by atoms with Crippen molar-refractivity contribution in [3.8, 4) is 0 Å². The summed E-state index contributed by atoms with van der Waals surface area (Å²) in [5.41, 5.74) is 9.56. The number of nitrogens with two attached hydrogens (primary N) is 2. The van der Waals surface area contributed by atoms with E-state index in [1.807, 2.05) is 0 Å². The number of nitrogens with one attached hydrogen (secondary N) is 1. The molecule has 0 saturated carbocycles. The van der Waals surface area contributed by atoms with E-state index in [4.69, 9.17) is 11.5 Å². The fourth-order valence-electron chi connectivity index (χ4n) is 0.365. The number of nitrogens with zero attached hydrogens (tertiary/aromatic N) is 2.